The lowest BCUT2D eigenvalue weighted by atomic mass is 9.94. The van der Waals surface area contributed by atoms with E-state index in [0.29, 0.717) is 11.8 Å². The van der Waals surface area contributed by atoms with Crippen LogP contribution < -0.4 is 0 Å². The van der Waals surface area contributed by atoms with Crippen LogP contribution in [0.4, 0.5) is 0 Å². The second-order valence-electron chi connectivity index (χ2n) is 7.31. The molecule has 118 valence electrons. The summed E-state index contributed by atoms with van der Waals surface area (Å²) in [5.41, 5.74) is 0. The molecule has 0 aromatic rings. The molecule has 0 aromatic heterocycles. The van der Waals surface area contributed by atoms with E-state index in [0.717, 1.165) is 12.8 Å². The summed E-state index contributed by atoms with van der Waals surface area (Å²) < 4.78 is 17.5. The van der Waals surface area contributed by atoms with Gasteiger partial charge in [-0.05, 0) is 31.0 Å². The lowest BCUT2D eigenvalue weighted by molar-refractivity contribution is -0.143. The van der Waals surface area contributed by atoms with Crippen LogP contribution in [0, 0.1) is 11.8 Å². The normalized spacial score (nSPS) is 28.1. The molecule has 0 unspecified atom stereocenters. The van der Waals surface area contributed by atoms with Crippen LogP contribution >= 0.6 is 0 Å². The first-order valence-corrected chi connectivity index (χ1v) is 10.4. The molecule has 0 spiro atoms. The largest absolute Gasteiger partial charge is 0.413 e. The van der Waals surface area contributed by atoms with Gasteiger partial charge in [-0.25, -0.2) is 0 Å². The molecule has 3 atom stereocenters. The maximum atomic E-state index is 6.59. The summed E-state index contributed by atoms with van der Waals surface area (Å²) in [6.45, 7) is 15.5. The van der Waals surface area contributed by atoms with E-state index in [2.05, 4.69) is 40.4 Å². The highest BCUT2D eigenvalue weighted by molar-refractivity contribution is 6.74. The average molecular weight is 301 g/mol. The molecule has 3 nitrogen and oxygen atoms in total. The molecule has 4 heteroatoms. The summed E-state index contributed by atoms with van der Waals surface area (Å²) >= 11 is 0. The molecule has 0 aliphatic heterocycles. The van der Waals surface area contributed by atoms with E-state index in [-0.39, 0.29) is 17.4 Å². The number of methoxy groups -OCH3 is 2. The third-order valence-electron chi connectivity index (χ3n) is 5.05. The summed E-state index contributed by atoms with van der Waals surface area (Å²) in [4.78, 5) is 0. The highest BCUT2D eigenvalue weighted by Crippen LogP contribution is 2.44. The minimum atomic E-state index is -1.74. The molecule has 0 N–H and O–H groups in total. The van der Waals surface area contributed by atoms with Crippen LogP contribution in [0.5, 0.6) is 0 Å². The Balaban J connectivity index is 2.81. The Morgan fingerprint density at radius 2 is 1.70 bits per heavy atom. The van der Waals surface area contributed by atoms with Gasteiger partial charge in [0.1, 0.15) is 0 Å². The van der Waals surface area contributed by atoms with E-state index in [9.17, 15) is 0 Å². The van der Waals surface area contributed by atoms with Crippen LogP contribution in [-0.4, -0.2) is 34.9 Å². The van der Waals surface area contributed by atoms with E-state index in [1.54, 1.807) is 14.2 Å². The molecule has 0 amide bonds. The minimum Gasteiger partial charge on any atom is -0.413 e. The van der Waals surface area contributed by atoms with E-state index >= 15 is 0 Å². The third-order valence-corrected chi connectivity index (χ3v) is 9.55. The highest BCUT2D eigenvalue weighted by atomic mass is 28.4. The zero-order chi connectivity index (χ0) is 15.6. The number of hydrogen-bond donors (Lipinski definition) is 0. The fraction of sp³-hybridized carbons (Fsp3) is 0.875. The molecular weight excluding hydrogens is 268 g/mol. The molecule has 0 heterocycles. The second-order valence-corrected chi connectivity index (χ2v) is 12.1. The van der Waals surface area contributed by atoms with Gasteiger partial charge in [-0.1, -0.05) is 26.8 Å². The number of ether oxygens (including phenoxy) is 2. The second kappa shape index (κ2) is 6.73. The van der Waals surface area contributed by atoms with Gasteiger partial charge >= 0.3 is 0 Å². The van der Waals surface area contributed by atoms with Crippen LogP contribution in [0.15, 0.2) is 12.7 Å². The third kappa shape index (κ3) is 3.73. The van der Waals surface area contributed by atoms with Crippen molar-refractivity contribution in [2.75, 3.05) is 14.2 Å². The SMILES string of the molecule is C=C[C@H]1[C@@H](O[Si](C)(C)C(C)(C)C)CC[C@@H]1C(OC)OC. The maximum Gasteiger partial charge on any atom is 0.192 e. The Morgan fingerprint density at radius 1 is 1.15 bits per heavy atom. The number of rotatable bonds is 6. The number of hydrogen-bond acceptors (Lipinski definition) is 3. The summed E-state index contributed by atoms with van der Waals surface area (Å²) in [5.74, 6) is 0.659. The van der Waals surface area contributed by atoms with Crippen molar-refractivity contribution in [2.45, 2.75) is 64.1 Å². The molecule has 1 fully saturated rings. The van der Waals surface area contributed by atoms with Crippen molar-refractivity contribution in [1.82, 2.24) is 0 Å². The Bertz CT molecular complexity index is 318. The molecule has 0 aromatic carbocycles. The van der Waals surface area contributed by atoms with Gasteiger partial charge in [0.05, 0.1) is 6.10 Å². The topological polar surface area (TPSA) is 27.7 Å². The molecule has 0 radical (unpaired) electrons. The van der Waals surface area contributed by atoms with Crippen LogP contribution in [0.25, 0.3) is 0 Å². The van der Waals surface area contributed by atoms with Crippen molar-refractivity contribution < 1.29 is 13.9 Å². The molecule has 0 bridgehead atoms. The van der Waals surface area contributed by atoms with Crippen LogP contribution in [0.2, 0.25) is 18.1 Å². The first kappa shape index (κ1) is 17.9. The van der Waals surface area contributed by atoms with Gasteiger partial charge < -0.3 is 13.9 Å². The van der Waals surface area contributed by atoms with Gasteiger partial charge in [0, 0.05) is 26.1 Å². The first-order valence-electron chi connectivity index (χ1n) is 7.54. The van der Waals surface area contributed by atoms with Gasteiger partial charge in [0.2, 0.25) is 0 Å². The van der Waals surface area contributed by atoms with Gasteiger partial charge in [-0.15, -0.1) is 6.58 Å². The average Bonchev–Trinajstić information content (AvgIpc) is 2.71. The van der Waals surface area contributed by atoms with Crippen molar-refractivity contribution in [3.63, 3.8) is 0 Å². The van der Waals surface area contributed by atoms with Gasteiger partial charge in [0.25, 0.3) is 0 Å². The summed E-state index contributed by atoms with van der Waals surface area (Å²) in [7, 11) is 1.67. The van der Waals surface area contributed by atoms with E-state index < -0.39 is 8.32 Å². The molecule has 1 aliphatic carbocycles. The molecular formula is C16H32O3Si. The quantitative estimate of drug-likeness (QED) is 0.418. The lowest BCUT2D eigenvalue weighted by Gasteiger charge is -2.40. The van der Waals surface area contributed by atoms with Crippen LogP contribution in [-0.2, 0) is 13.9 Å². The fourth-order valence-corrected chi connectivity index (χ4v) is 4.19. The maximum absolute atomic E-state index is 6.59. The Morgan fingerprint density at radius 3 is 2.10 bits per heavy atom. The fourth-order valence-electron chi connectivity index (χ4n) is 2.80. The van der Waals surface area contributed by atoms with Crippen molar-refractivity contribution >= 4 is 8.32 Å². The lowest BCUT2D eigenvalue weighted by Crippen LogP contribution is -2.45. The summed E-state index contributed by atoms with van der Waals surface area (Å²) in [6, 6.07) is 0. The van der Waals surface area contributed by atoms with E-state index in [4.69, 9.17) is 13.9 Å². The summed E-state index contributed by atoms with van der Waals surface area (Å²) in [5, 5.41) is 0.235. The predicted molar refractivity (Wildman–Crippen MR) is 86.3 cm³/mol. The van der Waals surface area contributed by atoms with Gasteiger partial charge in [0.15, 0.2) is 14.6 Å². The molecule has 1 rings (SSSR count). The Kier molecular flexibility index (Phi) is 6.02. The summed E-state index contributed by atoms with van der Waals surface area (Å²) in [6.07, 6.45) is 4.26. The Labute approximate surface area is 125 Å². The smallest absolute Gasteiger partial charge is 0.192 e. The van der Waals surface area contributed by atoms with E-state index in [1.807, 2.05) is 6.08 Å². The zero-order valence-corrected chi connectivity index (χ0v) is 15.2. The predicted octanol–water partition coefficient (Wildman–Crippen LogP) is 4.21. The van der Waals surface area contributed by atoms with Crippen molar-refractivity contribution in [3.05, 3.63) is 12.7 Å². The van der Waals surface area contributed by atoms with Gasteiger partial charge in [-0.2, -0.15) is 0 Å². The first-order chi connectivity index (χ1) is 9.17. The van der Waals surface area contributed by atoms with Crippen LogP contribution in [0.1, 0.15) is 33.6 Å². The van der Waals surface area contributed by atoms with Gasteiger partial charge in [-0.3, -0.25) is 0 Å². The highest BCUT2D eigenvalue weighted by Gasteiger charge is 2.45. The molecule has 1 aliphatic rings. The molecule has 0 saturated heterocycles. The Hall–Kier alpha value is -0.163. The van der Waals surface area contributed by atoms with Crippen LogP contribution in [0.3, 0.4) is 0 Å². The van der Waals surface area contributed by atoms with E-state index in [1.165, 1.54) is 0 Å². The molecule has 20 heavy (non-hydrogen) atoms. The van der Waals surface area contributed by atoms with Crippen molar-refractivity contribution in [3.8, 4) is 0 Å². The monoisotopic (exact) mass is 300 g/mol. The van der Waals surface area contributed by atoms with Crippen molar-refractivity contribution in [1.29, 1.82) is 0 Å². The van der Waals surface area contributed by atoms with Crippen molar-refractivity contribution in [2.24, 2.45) is 11.8 Å². The standard InChI is InChI=1S/C16H32O3Si/c1-9-12-13(15(17-5)18-6)10-11-14(12)19-20(7,8)16(2,3)4/h9,12-15H,1,10-11H2,2-8H3/t12-,13+,14+/m1/s1. The molecule has 1 saturated carbocycles. The zero-order valence-electron chi connectivity index (χ0n) is 14.2. The minimum absolute atomic E-state index is 0.161.